The van der Waals surface area contributed by atoms with Crippen molar-refractivity contribution in [3.05, 3.63) is 60.2 Å². The summed E-state index contributed by atoms with van der Waals surface area (Å²) in [7, 11) is 0. The maximum Gasteiger partial charge on any atom is 0.304 e. The number of aliphatic carboxylic acids is 1. The maximum absolute atomic E-state index is 10.9. The molecular weight excluding hydrogens is 304 g/mol. The number of para-hydroxylation sites is 1. The second kappa shape index (κ2) is 9.26. The van der Waals surface area contributed by atoms with E-state index in [1.54, 1.807) is 6.92 Å². The average Bonchev–Trinajstić information content (AvgIpc) is 2.59. The highest BCUT2D eigenvalue weighted by Crippen LogP contribution is 2.22. The van der Waals surface area contributed by atoms with Gasteiger partial charge in [0.05, 0.1) is 12.3 Å². The van der Waals surface area contributed by atoms with Crippen molar-refractivity contribution >= 4 is 5.97 Å². The second-order valence-electron chi connectivity index (χ2n) is 5.12. The van der Waals surface area contributed by atoms with Crippen molar-refractivity contribution in [3.63, 3.8) is 0 Å². The summed E-state index contributed by atoms with van der Waals surface area (Å²) in [5.74, 6) is 6.08. The van der Waals surface area contributed by atoms with Gasteiger partial charge in [-0.25, -0.2) is 0 Å². The van der Waals surface area contributed by atoms with Gasteiger partial charge in [-0.1, -0.05) is 36.3 Å². The Hall–Kier alpha value is -2.93. The summed E-state index contributed by atoms with van der Waals surface area (Å²) in [6.07, 6.45) is -0.00798. The van der Waals surface area contributed by atoms with Gasteiger partial charge >= 0.3 is 5.97 Å². The third-order valence-corrected chi connectivity index (χ3v) is 3.34. The van der Waals surface area contributed by atoms with Gasteiger partial charge in [0, 0.05) is 0 Å². The minimum atomic E-state index is -0.860. The van der Waals surface area contributed by atoms with Gasteiger partial charge < -0.3 is 14.6 Å². The van der Waals surface area contributed by atoms with Crippen molar-refractivity contribution in [2.45, 2.75) is 19.3 Å². The number of benzene rings is 2. The number of ether oxygens (including phenoxy) is 2. The number of hydrogen-bond donors (Lipinski definition) is 1. The molecule has 0 bridgehead atoms. The van der Waals surface area contributed by atoms with Crippen LogP contribution in [0.4, 0.5) is 0 Å². The minimum absolute atomic E-state index is 0.00798. The Morgan fingerprint density at radius 2 is 1.58 bits per heavy atom. The van der Waals surface area contributed by atoms with Gasteiger partial charge in [-0.2, -0.15) is 0 Å². The first-order chi connectivity index (χ1) is 11.7. The quantitative estimate of drug-likeness (QED) is 0.594. The van der Waals surface area contributed by atoms with Gasteiger partial charge in [-0.05, 0) is 36.8 Å². The van der Waals surface area contributed by atoms with Crippen molar-refractivity contribution in [1.29, 1.82) is 0 Å². The Kier molecular flexibility index (Phi) is 6.73. The molecule has 124 valence electrons. The molecule has 0 saturated heterocycles. The molecule has 0 radical (unpaired) electrons. The third-order valence-electron chi connectivity index (χ3n) is 3.34. The fraction of sp³-hybridized carbons (Fsp3) is 0.250. The molecule has 0 saturated carbocycles. The number of carboxylic acid groups (broad SMARTS) is 1. The van der Waals surface area contributed by atoms with Crippen LogP contribution >= 0.6 is 0 Å². The van der Waals surface area contributed by atoms with Crippen LogP contribution in [0.1, 0.15) is 24.8 Å². The fourth-order valence-electron chi connectivity index (χ4n) is 2.23. The largest absolute Gasteiger partial charge is 0.490 e. The van der Waals surface area contributed by atoms with Gasteiger partial charge in [0.2, 0.25) is 0 Å². The highest BCUT2D eigenvalue weighted by Gasteiger charge is 2.13. The molecule has 0 amide bonds. The molecular formula is C20H20O4. The van der Waals surface area contributed by atoms with E-state index in [-0.39, 0.29) is 12.3 Å². The summed E-state index contributed by atoms with van der Waals surface area (Å²) in [6, 6.07) is 16.9. The highest BCUT2D eigenvalue weighted by molar-refractivity contribution is 5.69. The van der Waals surface area contributed by atoms with E-state index >= 15 is 0 Å². The van der Waals surface area contributed by atoms with E-state index in [9.17, 15) is 4.79 Å². The molecule has 1 N–H and O–H groups in total. The first kappa shape index (κ1) is 17.4. The molecule has 0 spiro atoms. The summed E-state index contributed by atoms with van der Waals surface area (Å²) < 4.78 is 11.2. The van der Waals surface area contributed by atoms with Gasteiger partial charge in [-0.15, -0.1) is 5.92 Å². The Labute approximate surface area is 142 Å². The predicted octanol–water partition coefficient (Wildman–Crippen LogP) is 3.73. The SMILES string of the molecule is CC#CC(CC(=O)O)c1ccc(OCCOc2ccccc2)cc1. The fourth-order valence-corrected chi connectivity index (χ4v) is 2.23. The highest BCUT2D eigenvalue weighted by atomic mass is 16.5. The molecule has 1 atom stereocenters. The van der Waals surface area contributed by atoms with Crippen molar-refractivity contribution in [3.8, 4) is 23.3 Å². The number of carboxylic acids is 1. The maximum atomic E-state index is 10.9. The van der Waals surface area contributed by atoms with Crippen LogP contribution < -0.4 is 9.47 Å². The van der Waals surface area contributed by atoms with Crippen molar-refractivity contribution in [2.75, 3.05) is 13.2 Å². The number of carbonyl (C=O) groups is 1. The second-order valence-corrected chi connectivity index (χ2v) is 5.12. The molecule has 0 fully saturated rings. The lowest BCUT2D eigenvalue weighted by molar-refractivity contribution is -0.137. The van der Waals surface area contributed by atoms with Crippen molar-refractivity contribution in [1.82, 2.24) is 0 Å². The molecule has 0 heterocycles. The first-order valence-corrected chi connectivity index (χ1v) is 7.73. The topological polar surface area (TPSA) is 55.8 Å². The van der Waals surface area contributed by atoms with Crippen molar-refractivity contribution < 1.29 is 19.4 Å². The summed E-state index contributed by atoms with van der Waals surface area (Å²) in [5.41, 5.74) is 0.875. The van der Waals surface area contributed by atoms with Crippen LogP contribution in [-0.2, 0) is 4.79 Å². The number of hydrogen-bond acceptors (Lipinski definition) is 3. The monoisotopic (exact) mass is 324 g/mol. The van der Waals surface area contributed by atoms with E-state index in [1.807, 2.05) is 54.6 Å². The molecule has 1 unspecified atom stereocenters. The zero-order chi connectivity index (χ0) is 17.2. The lowest BCUT2D eigenvalue weighted by Gasteiger charge is -2.11. The summed E-state index contributed by atoms with van der Waals surface area (Å²) in [6.45, 7) is 2.59. The van der Waals surface area contributed by atoms with E-state index < -0.39 is 5.97 Å². The molecule has 0 aliphatic rings. The third kappa shape index (κ3) is 5.69. The lowest BCUT2D eigenvalue weighted by atomic mass is 9.96. The standard InChI is InChI=1S/C20H20O4/c1-2-6-17(15-20(21)22)16-9-11-19(12-10-16)24-14-13-23-18-7-4-3-5-8-18/h3-5,7-12,17H,13-15H2,1H3,(H,21,22). The predicted molar refractivity (Wildman–Crippen MR) is 92.3 cm³/mol. The average molecular weight is 324 g/mol. The molecule has 2 rings (SSSR count). The molecule has 2 aromatic carbocycles. The molecule has 2 aromatic rings. The summed E-state index contributed by atoms with van der Waals surface area (Å²) in [5, 5.41) is 8.96. The smallest absolute Gasteiger partial charge is 0.304 e. The number of rotatable bonds is 8. The van der Waals surface area contributed by atoms with Crippen LogP contribution in [-0.4, -0.2) is 24.3 Å². The molecule has 0 aromatic heterocycles. The molecule has 0 aliphatic heterocycles. The molecule has 0 aliphatic carbocycles. The molecule has 24 heavy (non-hydrogen) atoms. The van der Waals surface area contributed by atoms with Crippen LogP contribution in [0.3, 0.4) is 0 Å². The van der Waals surface area contributed by atoms with E-state index in [2.05, 4.69) is 11.8 Å². The molecule has 4 nitrogen and oxygen atoms in total. The van der Waals surface area contributed by atoms with E-state index in [0.717, 1.165) is 11.3 Å². The Balaban J connectivity index is 1.84. The van der Waals surface area contributed by atoms with E-state index in [4.69, 9.17) is 14.6 Å². The Morgan fingerprint density at radius 1 is 1.00 bits per heavy atom. The van der Waals surface area contributed by atoms with Gasteiger partial charge in [0.1, 0.15) is 24.7 Å². The minimum Gasteiger partial charge on any atom is -0.490 e. The normalized spacial score (nSPS) is 11.0. The van der Waals surface area contributed by atoms with Crippen LogP contribution in [0, 0.1) is 11.8 Å². The van der Waals surface area contributed by atoms with Crippen LogP contribution in [0.25, 0.3) is 0 Å². The summed E-state index contributed by atoms with van der Waals surface area (Å²) >= 11 is 0. The van der Waals surface area contributed by atoms with Crippen LogP contribution in [0.5, 0.6) is 11.5 Å². The first-order valence-electron chi connectivity index (χ1n) is 7.73. The van der Waals surface area contributed by atoms with Crippen molar-refractivity contribution in [2.24, 2.45) is 0 Å². The van der Waals surface area contributed by atoms with Crippen LogP contribution in [0.15, 0.2) is 54.6 Å². The zero-order valence-electron chi connectivity index (χ0n) is 13.6. The zero-order valence-corrected chi connectivity index (χ0v) is 13.6. The summed E-state index contributed by atoms with van der Waals surface area (Å²) in [4.78, 5) is 10.9. The van der Waals surface area contributed by atoms with Gasteiger partial charge in [0.15, 0.2) is 0 Å². The van der Waals surface area contributed by atoms with E-state index in [1.165, 1.54) is 0 Å². The Bertz CT molecular complexity index is 696. The van der Waals surface area contributed by atoms with Gasteiger partial charge in [-0.3, -0.25) is 4.79 Å². The lowest BCUT2D eigenvalue weighted by Crippen LogP contribution is -2.09. The van der Waals surface area contributed by atoms with Crippen LogP contribution in [0.2, 0.25) is 0 Å². The van der Waals surface area contributed by atoms with Gasteiger partial charge in [0.25, 0.3) is 0 Å². The molecule has 4 heteroatoms. The Morgan fingerprint density at radius 3 is 2.12 bits per heavy atom. The van der Waals surface area contributed by atoms with E-state index in [0.29, 0.717) is 19.0 Å².